The van der Waals surface area contributed by atoms with Crippen molar-refractivity contribution in [3.8, 4) is 0 Å². The van der Waals surface area contributed by atoms with Crippen molar-refractivity contribution in [1.29, 1.82) is 0 Å². The third-order valence-electron chi connectivity index (χ3n) is 2.26. The van der Waals surface area contributed by atoms with E-state index in [2.05, 4.69) is 5.32 Å². The van der Waals surface area contributed by atoms with Gasteiger partial charge < -0.3 is 15.5 Å². The van der Waals surface area contributed by atoms with Crippen LogP contribution in [0, 0.1) is 0 Å². The summed E-state index contributed by atoms with van der Waals surface area (Å²) < 4.78 is 25.6. The first kappa shape index (κ1) is 16.1. The Balaban J connectivity index is 2.92. The second-order valence-corrected chi connectivity index (χ2v) is 5.61. The fourth-order valence-electron chi connectivity index (χ4n) is 1.34. The molecular formula is C11H14N2O6S. The molecule has 1 rings (SSSR count). The lowest BCUT2D eigenvalue weighted by Crippen LogP contribution is -2.43. The van der Waals surface area contributed by atoms with Gasteiger partial charge in [0, 0.05) is 12.6 Å². The molecule has 0 aliphatic carbocycles. The molecule has 0 aromatic heterocycles. The van der Waals surface area contributed by atoms with Gasteiger partial charge in [0.05, 0.1) is 11.5 Å². The molecule has 0 saturated carbocycles. The van der Waals surface area contributed by atoms with Gasteiger partial charge in [0.2, 0.25) is 15.9 Å². The van der Waals surface area contributed by atoms with E-state index in [0.717, 1.165) is 0 Å². The number of aliphatic carboxylic acids is 1. The highest BCUT2D eigenvalue weighted by atomic mass is 32.2. The number of carbonyl (C=O) groups excluding carboxylic acids is 1. The molecule has 0 spiro atoms. The average Bonchev–Trinajstić information content (AvgIpc) is 2.35. The predicted molar refractivity (Wildman–Crippen MR) is 69.6 cm³/mol. The molecule has 9 heteroatoms. The maximum Gasteiger partial charge on any atom is 0.324 e. The Morgan fingerprint density at radius 3 is 2.20 bits per heavy atom. The van der Waals surface area contributed by atoms with E-state index in [1.54, 1.807) is 0 Å². The number of carboxylic acid groups (broad SMARTS) is 1. The highest BCUT2D eigenvalue weighted by molar-refractivity contribution is 7.89. The second-order valence-electron chi connectivity index (χ2n) is 3.90. The molecule has 0 saturated heterocycles. The van der Waals surface area contributed by atoms with Gasteiger partial charge in [-0.3, -0.25) is 9.59 Å². The van der Waals surface area contributed by atoms with Crippen molar-refractivity contribution in [2.24, 2.45) is 0 Å². The van der Waals surface area contributed by atoms with Gasteiger partial charge in [0.15, 0.2) is 0 Å². The number of benzene rings is 1. The van der Waals surface area contributed by atoms with Gasteiger partial charge in [0.25, 0.3) is 0 Å². The molecular weight excluding hydrogens is 288 g/mol. The summed E-state index contributed by atoms with van der Waals surface area (Å²) >= 11 is 0. The highest BCUT2D eigenvalue weighted by Crippen LogP contribution is 2.14. The summed E-state index contributed by atoms with van der Waals surface area (Å²) in [6, 6.07) is 3.54. The lowest BCUT2D eigenvalue weighted by molar-refractivity contribution is -0.139. The minimum atomic E-state index is -4.07. The van der Waals surface area contributed by atoms with Gasteiger partial charge in [-0.25, -0.2) is 8.42 Å². The number of nitrogens with one attached hydrogen (secondary N) is 2. The van der Waals surface area contributed by atoms with Crippen LogP contribution in [0.3, 0.4) is 0 Å². The van der Waals surface area contributed by atoms with Crippen LogP contribution < -0.4 is 10.0 Å². The quantitative estimate of drug-likeness (QED) is 0.553. The first-order valence-electron chi connectivity index (χ1n) is 5.50. The van der Waals surface area contributed by atoms with E-state index in [4.69, 9.17) is 10.2 Å². The van der Waals surface area contributed by atoms with Crippen LogP contribution in [0.2, 0.25) is 0 Å². The predicted octanol–water partition coefficient (Wildman–Crippen LogP) is -0.631. The topological polar surface area (TPSA) is 133 Å². The number of sulfonamides is 1. The number of rotatable bonds is 6. The fraction of sp³-hybridized carbons (Fsp3) is 0.273. The van der Waals surface area contributed by atoms with E-state index in [1.165, 1.54) is 31.2 Å². The lowest BCUT2D eigenvalue weighted by Gasteiger charge is -2.12. The molecule has 1 aromatic carbocycles. The molecule has 0 heterocycles. The van der Waals surface area contributed by atoms with E-state index in [9.17, 15) is 18.0 Å². The number of aliphatic hydroxyl groups excluding tert-OH is 1. The number of hydrogen-bond acceptors (Lipinski definition) is 5. The van der Waals surface area contributed by atoms with Gasteiger partial charge in [0.1, 0.15) is 6.04 Å². The summed E-state index contributed by atoms with van der Waals surface area (Å²) in [4.78, 5) is 21.3. The van der Waals surface area contributed by atoms with Gasteiger partial charge in [-0.05, 0) is 24.3 Å². The number of aliphatic hydroxyl groups is 1. The van der Waals surface area contributed by atoms with Crippen LogP contribution >= 0.6 is 0 Å². The van der Waals surface area contributed by atoms with Crippen LogP contribution in [0.5, 0.6) is 0 Å². The average molecular weight is 302 g/mol. The standard InChI is InChI=1S/C11H14N2O6S/c1-7(15)12-8-2-4-9(5-3-8)20(18,19)13-10(6-14)11(16)17/h2-5,10,13-14H,6H2,1H3,(H,12,15)(H,16,17). The maximum absolute atomic E-state index is 11.9. The van der Waals surface area contributed by atoms with Crippen LogP contribution in [0.4, 0.5) is 5.69 Å². The molecule has 1 unspecified atom stereocenters. The molecule has 4 N–H and O–H groups in total. The van der Waals surface area contributed by atoms with Crippen molar-refractivity contribution in [2.45, 2.75) is 17.9 Å². The summed E-state index contributed by atoms with van der Waals surface area (Å²) in [5.41, 5.74) is 0.411. The fourth-order valence-corrected chi connectivity index (χ4v) is 2.52. The van der Waals surface area contributed by atoms with Crippen LogP contribution in [0.15, 0.2) is 29.2 Å². The molecule has 1 atom stereocenters. The monoisotopic (exact) mass is 302 g/mol. The molecule has 8 nitrogen and oxygen atoms in total. The zero-order chi connectivity index (χ0) is 15.3. The van der Waals surface area contributed by atoms with Crippen molar-refractivity contribution in [3.63, 3.8) is 0 Å². The molecule has 1 aromatic rings. The Kier molecular flexibility index (Phi) is 5.19. The third-order valence-corrected chi connectivity index (χ3v) is 3.75. The summed E-state index contributed by atoms with van der Waals surface area (Å²) in [6.45, 7) is 0.448. The van der Waals surface area contributed by atoms with Gasteiger partial charge in [-0.2, -0.15) is 4.72 Å². The molecule has 110 valence electrons. The largest absolute Gasteiger partial charge is 0.480 e. The first-order valence-corrected chi connectivity index (χ1v) is 6.98. The van der Waals surface area contributed by atoms with Gasteiger partial charge >= 0.3 is 5.97 Å². The Hall–Kier alpha value is -1.97. The normalized spacial score (nSPS) is 12.7. The van der Waals surface area contributed by atoms with Crippen LogP contribution in [-0.2, 0) is 19.6 Å². The number of carbonyl (C=O) groups is 2. The number of anilines is 1. The molecule has 1 amide bonds. The van der Waals surface area contributed by atoms with Crippen molar-refractivity contribution < 1.29 is 28.2 Å². The van der Waals surface area contributed by atoms with Crippen LogP contribution in [0.1, 0.15) is 6.92 Å². The van der Waals surface area contributed by atoms with E-state index >= 15 is 0 Å². The molecule has 0 bridgehead atoms. The first-order chi connectivity index (χ1) is 9.26. The van der Waals surface area contributed by atoms with E-state index in [0.29, 0.717) is 5.69 Å². The minimum absolute atomic E-state index is 0.175. The summed E-state index contributed by atoms with van der Waals surface area (Å²) in [5.74, 6) is -1.78. The maximum atomic E-state index is 11.9. The molecule has 20 heavy (non-hydrogen) atoms. The van der Waals surface area contributed by atoms with Crippen molar-refractivity contribution in [2.75, 3.05) is 11.9 Å². The number of carboxylic acids is 1. The lowest BCUT2D eigenvalue weighted by atomic mass is 10.3. The van der Waals surface area contributed by atoms with Crippen molar-refractivity contribution >= 4 is 27.6 Å². The summed E-state index contributed by atoms with van der Waals surface area (Å²) in [7, 11) is -4.07. The Labute approximate surface area is 115 Å². The minimum Gasteiger partial charge on any atom is -0.480 e. The van der Waals surface area contributed by atoms with E-state index in [1.807, 2.05) is 4.72 Å². The van der Waals surface area contributed by atoms with Crippen LogP contribution in [0.25, 0.3) is 0 Å². The SMILES string of the molecule is CC(=O)Nc1ccc(S(=O)(=O)NC(CO)C(=O)O)cc1. The zero-order valence-corrected chi connectivity index (χ0v) is 11.3. The third kappa shape index (κ3) is 4.30. The van der Waals surface area contributed by atoms with Gasteiger partial charge in [-0.15, -0.1) is 0 Å². The number of amides is 1. The van der Waals surface area contributed by atoms with Crippen molar-refractivity contribution in [1.82, 2.24) is 4.72 Å². The molecule has 0 fully saturated rings. The molecule has 0 radical (unpaired) electrons. The number of hydrogen-bond donors (Lipinski definition) is 4. The Morgan fingerprint density at radius 1 is 1.25 bits per heavy atom. The molecule has 0 aliphatic heterocycles. The molecule has 0 aliphatic rings. The van der Waals surface area contributed by atoms with E-state index in [-0.39, 0.29) is 10.8 Å². The van der Waals surface area contributed by atoms with Gasteiger partial charge in [-0.1, -0.05) is 0 Å². The summed E-state index contributed by atoms with van der Waals surface area (Å²) in [6.07, 6.45) is 0. The van der Waals surface area contributed by atoms with Crippen LogP contribution in [-0.4, -0.2) is 43.2 Å². The van der Waals surface area contributed by atoms with Crippen molar-refractivity contribution in [3.05, 3.63) is 24.3 Å². The Bertz CT molecular complexity index is 596. The summed E-state index contributed by atoms with van der Waals surface area (Å²) in [5, 5.41) is 20.0. The highest BCUT2D eigenvalue weighted by Gasteiger charge is 2.24. The second kappa shape index (κ2) is 6.46. The van der Waals surface area contributed by atoms with E-state index < -0.39 is 28.6 Å². The smallest absolute Gasteiger partial charge is 0.324 e. The Morgan fingerprint density at radius 2 is 1.80 bits per heavy atom. The zero-order valence-electron chi connectivity index (χ0n) is 10.5.